The first-order valence-electron chi connectivity index (χ1n) is 6.85. The maximum atomic E-state index is 12.2. The first-order valence-corrected chi connectivity index (χ1v) is 8.71. The molecule has 1 aromatic rings. The molecule has 0 bridgehead atoms. The lowest BCUT2D eigenvalue weighted by Gasteiger charge is -2.09. The molecule has 0 aromatic heterocycles. The van der Waals surface area contributed by atoms with Gasteiger partial charge in [0.2, 0.25) is 10.0 Å². The number of hydrogen-bond acceptors (Lipinski definition) is 3. The number of halogens is 1. The van der Waals surface area contributed by atoms with Gasteiger partial charge < -0.3 is 5.73 Å². The zero-order valence-corrected chi connectivity index (χ0v) is 13.9. The van der Waals surface area contributed by atoms with Crippen molar-refractivity contribution in [1.29, 1.82) is 0 Å². The highest BCUT2D eigenvalue weighted by Crippen LogP contribution is 2.22. The monoisotopic (exact) mass is 328 g/mol. The summed E-state index contributed by atoms with van der Waals surface area (Å²) in [4.78, 5) is 0.0759. The molecule has 0 atom stereocenters. The highest BCUT2D eigenvalue weighted by atomic mass is 35.5. The molecule has 0 heterocycles. The lowest BCUT2D eigenvalue weighted by atomic mass is 10.1. The summed E-state index contributed by atoms with van der Waals surface area (Å²) in [7, 11) is -3.58. The Bertz CT molecular complexity index is 631. The smallest absolute Gasteiger partial charge is 0.242 e. The van der Waals surface area contributed by atoms with Crippen molar-refractivity contribution >= 4 is 21.6 Å². The Hall–Kier alpha value is -1.06. The molecule has 0 unspecified atom stereocenters. The van der Waals surface area contributed by atoms with Crippen LogP contribution in [-0.2, 0) is 10.0 Å². The predicted molar refractivity (Wildman–Crippen MR) is 86.6 cm³/mol. The van der Waals surface area contributed by atoms with E-state index in [1.807, 2.05) is 0 Å². The molecular weight excluding hydrogens is 308 g/mol. The van der Waals surface area contributed by atoms with E-state index in [0.29, 0.717) is 18.0 Å². The van der Waals surface area contributed by atoms with Gasteiger partial charge in [-0.2, -0.15) is 0 Å². The van der Waals surface area contributed by atoms with Crippen LogP contribution < -0.4 is 10.5 Å². The highest BCUT2D eigenvalue weighted by Gasteiger charge is 2.17. The van der Waals surface area contributed by atoms with E-state index in [9.17, 15) is 8.42 Å². The molecule has 1 rings (SSSR count). The third-order valence-corrected chi connectivity index (χ3v) is 4.75. The molecule has 0 aliphatic rings. The molecule has 4 nitrogen and oxygen atoms in total. The number of rotatable bonds is 6. The molecule has 0 saturated heterocycles. The van der Waals surface area contributed by atoms with Crippen molar-refractivity contribution < 1.29 is 8.42 Å². The topological polar surface area (TPSA) is 72.2 Å². The molecule has 6 heteroatoms. The number of sulfonamides is 1. The third kappa shape index (κ3) is 6.06. The van der Waals surface area contributed by atoms with Crippen LogP contribution in [0.4, 0.5) is 0 Å². The summed E-state index contributed by atoms with van der Waals surface area (Å²) in [5.41, 5.74) is 5.93. The average molecular weight is 329 g/mol. The summed E-state index contributed by atoms with van der Waals surface area (Å²) >= 11 is 6.04. The standard InChI is InChI=1S/C15H21ClN2O2S/c1-12(2)5-4-10-18-21(19,20)15-8-7-13(6-3-9-17)11-14(15)16/h7-8,11-12,18H,4-5,9-10,17H2,1-2H3. The lowest BCUT2D eigenvalue weighted by Crippen LogP contribution is -2.25. The second-order valence-electron chi connectivity index (χ2n) is 5.08. The van der Waals surface area contributed by atoms with Crippen molar-refractivity contribution in [1.82, 2.24) is 4.72 Å². The van der Waals surface area contributed by atoms with Gasteiger partial charge in [0, 0.05) is 12.1 Å². The van der Waals surface area contributed by atoms with Crippen molar-refractivity contribution in [2.24, 2.45) is 11.7 Å². The van der Waals surface area contributed by atoms with E-state index in [4.69, 9.17) is 17.3 Å². The lowest BCUT2D eigenvalue weighted by molar-refractivity contribution is 0.540. The molecule has 0 saturated carbocycles. The highest BCUT2D eigenvalue weighted by molar-refractivity contribution is 7.89. The fraction of sp³-hybridized carbons (Fsp3) is 0.467. The molecule has 3 N–H and O–H groups in total. The van der Waals surface area contributed by atoms with Crippen molar-refractivity contribution in [3.8, 4) is 11.8 Å². The van der Waals surface area contributed by atoms with Gasteiger partial charge in [-0.3, -0.25) is 0 Å². The van der Waals surface area contributed by atoms with E-state index in [1.54, 1.807) is 6.07 Å². The molecule has 1 aromatic carbocycles. The molecule has 0 amide bonds. The Kier molecular flexibility index (Phi) is 7.20. The quantitative estimate of drug-likeness (QED) is 0.622. The van der Waals surface area contributed by atoms with Crippen LogP contribution in [0.1, 0.15) is 32.3 Å². The Balaban J connectivity index is 2.79. The van der Waals surface area contributed by atoms with Gasteiger partial charge in [-0.15, -0.1) is 0 Å². The summed E-state index contributed by atoms with van der Waals surface area (Å²) < 4.78 is 26.9. The van der Waals surface area contributed by atoms with Gasteiger partial charge >= 0.3 is 0 Å². The van der Waals surface area contributed by atoms with E-state index in [-0.39, 0.29) is 16.5 Å². The Morgan fingerprint density at radius 1 is 1.38 bits per heavy atom. The third-order valence-electron chi connectivity index (χ3n) is 2.81. The van der Waals surface area contributed by atoms with Crippen LogP contribution in [-0.4, -0.2) is 21.5 Å². The first-order chi connectivity index (χ1) is 9.86. The number of hydrogen-bond donors (Lipinski definition) is 2. The van der Waals surface area contributed by atoms with E-state index >= 15 is 0 Å². The minimum absolute atomic E-state index is 0.0759. The van der Waals surface area contributed by atoms with Gasteiger partial charge in [-0.1, -0.05) is 37.3 Å². The van der Waals surface area contributed by atoms with Gasteiger partial charge in [-0.05, 0) is 37.0 Å². The van der Waals surface area contributed by atoms with E-state index in [2.05, 4.69) is 30.4 Å². The zero-order chi connectivity index (χ0) is 15.9. The Morgan fingerprint density at radius 2 is 2.10 bits per heavy atom. The van der Waals surface area contributed by atoms with Crippen LogP contribution >= 0.6 is 11.6 Å². The molecule has 0 radical (unpaired) electrons. The summed E-state index contributed by atoms with van der Waals surface area (Å²) in [6.45, 7) is 4.86. The first kappa shape index (κ1) is 18.0. The van der Waals surface area contributed by atoms with Gasteiger partial charge in [-0.25, -0.2) is 13.1 Å². The van der Waals surface area contributed by atoms with E-state index in [0.717, 1.165) is 12.8 Å². The number of benzene rings is 1. The van der Waals surface area contributed by atoms with Crippen LogP contribution in [0.2, 0.25) is 5.02 Å². The SMILES string of the molecule is CC(C)CCCNS(=O)(=O)c1ccc(C#CCN)cc1Cl. The molecule has 116 valence electrons. The van der Waals surface area contributed by atoms with E-state index < -0.39 is 10.0 Å². The van der Waals surface area contributed by atoms with Gasteiger partial charge in [0.15, 0.2) is 0 Å². The van der Waals surface area contributed by atoms with Crippen LogP contribution in [0.5, 0.6) is 0 Å². The summed E-state index contributed by atoms with van der Waals surface area (Å²) in [5.74, 6) is 6.06. The van der Waals surface area contributed by atoms with Crippen LogP contribution in [0, 0.1) is 17.8 Å². The van der Waals surface area contributed by atoms with Gasteiger partial charge in [0.25, 0.3) is 0 Å². The molecule has 0 fully saturated rings. The minimum atomic E-state index is -3.58. The summed E-state index contributed by atoms with van der Waals surface area (Å²) in [5, 5.41) is 0.162. The van der Waals surface area contributed by atoms with Crippen molar-refractivity contribution in [3.63, 3.8) is 0 Å². The largest absolute Gasteiger partial charge is 0.320 e. The van der Waals surface area contributed by atoms with Crippen molar-refractivity contribution in [3.05, 3.63) is 28.8 Å². The van der Waals surface area contributed by atoms with E-state index in [1.165, 1.54) is 12.1 Å². The Morgan fingerprint density at radius 3 is 2.67 bits per heavy atom. The van der Waals surface area contributed by atoms with Crippen LogP contribution in [0.25, 0.3) is 0 Å². The normalized spacial score (nSPS) is 11.3. The summed E-state index contributed by atoms with van der Waals surface area (Å²) in [6, 6.07) is 4.62. The molecule has 0 spiro atoms. The Labute approximate surface area is 132 Å². The van der Waals surface area contributed by atoms with Gasteiger partial charge in [0.1, 0.15) is 4.90 Å². The fourth-order valence-corrected chi connectivity index (χ4v) is 3.36. The van der Waals surface area contributed by atoms with Crippen LogP contribution in [0.15, 0.2) is 23.1 Å². The second kappa shape index (κ2) is 8.40. The summed E-state index contributed by atoms with van der Waals surface area (Å²) in [6.07, 6.45) is 1.78. The number of nitrogens with two attached hydrogens (primary N) is 1. The molecule has 0 aliphatic heterocycles. The molecular formula is C15H21ClN2O2S. The minimum Gasteiger partial charge on any atom is -0.320 e. The number of nitrogens with one attached hydrogen (secondary N) is 1. The molecule has 0 aliphatic carbocycles. The maximum absolute atomic E-state index is 12.2. The fourth-order valence-electron chi connectivity index (χ4n) is 1.74. The molecule has 21 heavy (non-hydrogen) atoms. The zero-order valence-electron chi connectivity index (χ0n) is 12.3. The predicted octanol–water partition coefficient (Wildman–Crippen LogP) is 2.36. The van der Waals surface area contributed by atoms with Gasteiger partial charge in [0.05, 0.1) is 11.6 Å². The van der Waals surface area contributed by atoms with Crippen molar-refractivity contribution in [2.45, 2.75) is 31.6 Å². The average Bonchev–Trinajstić information content (AvgIpc) is 2.41. The van der Waals surface area contributed by atoms with Crippen molar-refractivity contribution in [2.75, 3.05) is 13.1 Å². The maximum Gasteiger partial charge on any atom is 0.242 e. The van der Waals surface area contributed by atoms with Crippen LogP contribution in [0.3, 0.4) is 0 Å². The second-order valence-corrected chi connectivity index (χ2v) is 7.23.